The molecule has 0 saturated heterocycles. The molecule has 1 fully saturated rings. The van der Waals surface area contributed by atoms with Gasteiger partial charge < -0.3 is 5.32 Å². The first kappa shape index (κ1) is 13.4. The van der Waals surface area contributed by atoms with E-state index in [0.29, 0.717) is 0 Å². The Morgan fingerprint density at radius 2 is 2.22 bits per heavy atom. The van der Waals surface area contributed by atoms with Gasteiger partial charge in [-0.15, -0.1) is 0 Å². The Morgan fingerprint density at radius 3 is 2.89 bits per heavy atom. The lowest BCUT2D eigenvalue weighted by Crippen LogP contribution is -2.13. The van der Waals surface area contributed by atoms with E-state index < -0.39 is 0 Å². The number of allylic oxidation sites excluding steroid dienone is 1. The van der Waals surface area contributed by atoms with Gasteiger partial charge in [0.25, 0.3) is 0 Å². The first-order chi connectivity index (χ1) is 8.81. The summed E-state index contributed by atoms with van der Waals surface area (Å²) < 4.78 is 0. The van der Waals surface area contributed by atoms with Gasteiger partial charge in [-0.25, -0.2) is 0 Å². The van der Waals surface area contributed by atoms with Crippen LogP contribution < -0.4 is 5.32 Å². The highest BCUT2D eigenvalue weighted by Gasteiger charge is 2.19. The molecule has 1 heteroatoms. The van der Waals surface area contributed by atoms with Crippen molar-refractivity contribution in [3.8, 4) is 0 Å². The Morgan fingerprint density at radius 1 is 1.39 bits per heavy atom. The first-order valence-corrected chi connectivity index (χ1v) is 7.29. The average molecular weight is 243 g/mol. The molecule has 1 saturated carbocycles. The first-order valence-electron chi connectivity index (χ1n) is 7.29. The van der Waals surface area contributed by atoms with E-state index in [-0.39, 0.29) is 0 Å². The predicted molar refractivity (Wildman–Crippen MR) is 79.8 cm³/mol. The van der Waals surface area contributed by atoms with E-state index in [1.807, 2.05) is 0 Å². The molecule has 1 nitrogen and oxygen atoms in total. The van der Waals surface area contributed by atoms with Crippen LogP contribution in [-0.2, 0) is 0 Å². The van der Waals surface area contributed by atoms with Crippen molar-refractivity contribution in [1.29, 1.82) is 0 Å². The lowest BCUT2D eigenvalue weighted by molar-refractivity contribution is 0.419. The monoisotopic (exact) mass is 243 g/mol. The molecular weight excluding hydrogens is 218 g/mol. The van der Waals surface area contributed by atoms with E-state index >= 15 is 0 Å². The van der Waals surface area contributed by atoms with Crippen LogP contribution in [0.4, 0.5) is 0 Å². The van der Waals surface area contributed by atoms with Crippen LogP contribution in [0.15, 0.2) is 30.3 Å². The molecule has 1 aliphatic rings. The Kier molecular flexibility index (Phi) is 5.00. The molecule has 0 amide bonds. The largest absolute Gasteiger partial charge is 0.317 e. The second kappa shape index (κ2) is 6.75. The molecule has 0 unspecified atom stereocenters. The third-order valence-electron chi connectivity index (χ3n) is 3.94. The maximum Gasteiger partial charge on any atom is -0.00142 e. The topological polar surface area (TPSA) is 12.0 Å². The number of hydrogen-bond acceptors (Lipinski definition) is 1. The Hall–Kier alpha value is -1.08. The van der Waals surface area contributed by atoms with Gasteiger partial charge >= 0.3 is 0 Å². The van der Waals surface area contributed by atoms with Crippen molar-refractivity contribution in [1.82, 2.24) is 5.32 Å². The van der Waals surface area contributed by atoms with Gasteiger partial charge in [-0.2, -0.15) is 0 Å². The highest BCUT2D eigenvalue weighted by Crippen LogP contribution is 2.37. The summed E-state index contributed by atoms with van der Waals surface area (Å²) in [5.74, 6) is 0.833. The van der Waals surface area contributed by atoms with Gasteiger partial charge in [0.05, 0.1) is 0 Å². The minimum atomic E-state index is 0.833. The SMILES string of the molecule is CCNCC/C=C(/C)c1cccc(C2CCC2)c1. The summed E-state index contributed by atoms with van der Waals surface area (Å²) in [6.07, 6.45) is 7.64. The molecule has 0 heterocycles. The van der Waals surface area contributed by atoms with E-state index in [0.717, 1.165) is 25.4 Å². The van der Waals surface area contributed by atoms with Crippen LogP contribution in [0.5, 0.6) is 0 Å². The van der Waals surface area contributed by atoms with E-state index in [1.54, 1.807) is 0 Å². The van der Waals surface area contributed by atoms with Crippen LogP contribution in [0.1, 0.15) is 56.6 Å². The standard InChI is InChI=1S/C17H25N/c1-3-18-12-6-7-14(2)16-10-5-11-17(13-16)15-8-4-9-15/h5,7,10-11,13,15,18H,3-4,6,8-9,12H2,1-2H3/b14-7-. The highest BCUT2D eigenvalue weighted by molar-refractivity contribution is 5.64. The number of benzene rings is 1. The smallest absolute Gasteiger partial charge is 0.00142 e. The summed E-state index contributed by atoms with van der Waals surface area (Å²) in [5.41, 5.74) is 4.35. The van der Waals surface area contributed by atoms with Gasteiger partial charge in [0.2, 0.25) is 0 Å². The molecule has 1 aromatic rings. The summed E-state index contributed by atoms with van der Waals surface area (Å²) >= 11 is 0. The highest BCUT2D eigenvalue weighted by atomic mass is 14.8. The number of nitrogens with one attached hydrogen (secondary N) is 1. The fraction of sp³-hybridized carbons (Fsp3) is 0.529. The van der Waals surface area contributed by atoms with Crippen molar-refractivity contribution in [2.75, 3.05) is 13.1 Å². The Labute approximate surface area is 111 Å². The van der Waals surface area contributed by atoms with Crippen molar-refractivity contribution in [2.24, 2.45) is 0 Å². The lowest BCUT2D eigenvalue weighted by atomic mass is 9.79. The summed E-state index contributed by atoms with van der Waals surface area (Å²) in [4.78, 5) is 0. The second-order valence-corrected chi connectivity index (χ2v) is 5.28. The third kappa shape index (κ3) is 3.46. The number of hydrogen-bond donors (Lipinski definition) is 1. The van der Waals surface area contributed by atoms with E-state index in [9.17, 15) is 0 Å². The van der Waals surface area contributed by atoms with Gasteiger partial charge in [0.1, 0.15) is 0 Å². The van der Waals surface area contributed by atoms with Gasteiger partial charge in [-0.05, 0) is 61.9 Å². The molecule has 0 bridgehead atoms. The fourth-order valence-electron chi connectivity index (χ4n) is 2.46. The molecule has 0 aliphatic heterocycles. The predicted octanol–water partition coefficient (Wildman–Crippen LogP) is 4.36. The fourth-order valence-corrected chi connectivity index (χ4v) is 2.46. The Bertz CT molecular complexity index is 402. The summed E-state index contributed by atoms with van der Waals surface area (Å²) in [5, 5.41) is 3.36. The molecule has 18 heavy (non-hydrogen) atoms. The zero-order valence-electron chi connectivity index (χ0n) is 11.7. The van der Waals surface area contributed by atoms with Gasteiger partial charge in [0, 0.05) is 0 Å². The average Bonchev–Trinajstić information content (AvgIpc) is 2.33. The van der Waals surface area contributed by atoms with E-state index in [4.69, 9.17) is 0 Å². The van der Waals surface area contributed by atoms with Gasteiger partial charge in [-0.3, -0.25) is 0 Å². The summed E-state index contributed by atoms with van der Waals surface area (Å²) in [6.45, 7) is 6.52. The molecule has 1 N–H and O–H groups in total. The Balaban J connectivity index is 1.98. The third-order valence-corrected chi connectivity index (χ3v) is 3.94. The van der Waals surface area contributed by atoms with Crippen LogP contribution in [-0.4, -0.2) is 13.1 Å². The maximum atomic E-state index is 3.36. The van der Waals surface area contributed by atoms with Crippen LogP contribution in [0.25, 0.3) is 5.57 Å². The molecule has 2 rings (SSSR count). The van der Waals surface area contributed by atoms with Crippen molar-refractivity contribution in [2.45, 2.75) is 45.4 Å². The zero-order valence-corrected chi connectivity index (χ0v) is 11.7. The summed E-state index contributed by atoms with van der Waals surface area (Å²) in [7, 11) is 0. The molecule has 98 valence electrons. The summed E-state index contributed by atoms with van der Waals surface area (Å²) in [6, 6.07) is 9.13. The van der Waals surface area contributed by atoms with Crippen molar-refractivity contribution in [3.05, 3.63) is 41.5 Å². The molecule has 1 aliphatic carbocycles. The normalized spacial score (nSPS) is 16.7. The van der Waals surface area contributed by atoms with Crippen molar-refractivity contribution < 1.29 is 0 Å². The van der Waals surface area contributed by atoms with E-state index in [1.165, 1.54) is 36.0 Å². The van der Waals surface area contributed by atoms with E-state index in [2.05, 4.69) is 49.5 Å². The molecular formula is C17H25N. The van der Waals surface area contributed by atoms with Crippen LogP contribution in [0.3, 0.4) is 0 Å². The van der Waals surface area contributed by atoms with Crippen molar-refractivity contribution in [3.63, 3.8) is 0 Å². The van der Waals surface area contributed by atoms with Gasteiger partial charge in [-0.1, -0.05) is 43.7 Å². The molecule has 0 aromatic heterocycles. The second-order valence-electron chi connectivity index (χ2n) is 5.28. The van der Waals surface area contributed by atoms with Crippen LogP contribution in [0, 0.1) is 0 Å². The van der Waals surface area contributed by atoms with Gasteiger partial charge in [0.15, 0.2) is 0 Å². The zero-order chi connectivity index (χ0) is 12.8. The number of rotatable bonds is 6. The quantitative estimate of drug-likeness (QED) is 0.732. The minimum Gasteiger partial charge on any atom is -0.317 e. The lowest BCUT2D eigenvalue weighted by Gasteiger charge is -2.26. The van der Waals surface area contributed by atoms with Crippen LogP contribution >= 0.6 is 0 Å². The molecule has 0 spiro atoms. The molecule has 1 aromatic carbocycles. The minimum absolute atomic E-state index is 0.833. The van der Waals surface area contributed by atoms with Crippen molar-refractivity contribution >= 4 is 5.57 Å². The maximum absolute atomic E-state index is 3.36. The molecule has 0 atom stereocenters. The van der Waals surface area contributed by atoms with Crippen LogP contribution in [0.2, 0.25) is 0 Å². The molecule has 0 radical (unpaired) electrons.